The second-order valence-corrected chi connectivity index (χ2v) is 4.50. The number of aromatic nitrogens is 1. The molecule has 2 aliphatic rings. The number of carbonyl (C=O) groups is 1. The molecule has 2 unspecified atom stereocenters. The minimum atomic E-state index is -0.479. The Balaban J connectivity index is 1.84. The SMILES string of the molecule is O=C(c1ccncc1F)C1C2CCCC21. The van der Waals surface area contributed by atoms with Gasteiger partial charge in [0.1, 0.15) is 0 Å². The van der Waals surface area contributed by atoms with E-state index in [0.29, 0.717) is 11.8 Å². The lowest BCUT2D eigenvalue weighted by Crippen LogP contribution is -2.08. The average molecular weight is 205 g/mol. The fraction of sp³-hybridized carbons (Fsp3) is 0.500. The molecule has 0 bridgehead atoms. The van der Waals surface area contributed by atoms with Gasteiger partial charge >= 0.3 is 0 Å². The summed E-state index contributed by atoms with van der Waals surface area (Å²) in [6.45, 7) is 0. The molecular formula is C12H12FNO. The number of fused-ring (bicyclic) bond motifs is 1. The summed E-state index contributed by atoms with van der Waals surface area (Å²) in [7, 11) is 0. The molecule has 1 aromatic rings. The molecule has 3 heteroatoms. The lowest BCUT2D eigenvalue weighted by molar-refractivity contribution is 0.0947. The minimum absolute atomic E-state index is 0.00963. The molecule has 78 valence electrons. The molecule has 0 aromatic carbocycles. The molecule has 2 atom stereocenters. The van der Waals surface area contributed by atoms with Crippen LogP contribution in [-0.2, 0) is 0 Å². The highest BCUT2D eigenvalue weighted by Crippen LogP contribution is 2.58. The first-order chi connectivity index (χ1) is 7.29. The molecule has 0 spiro atoms. The van der Waals surface area contributed by atoms with Crippen LogP contribution in [0.5, 0.6) is 0 Å². The summed E-state index contributed by atoms with van der Waals surface area (Å²) in [4.78, 5) is 15.6. The largest absolute Gasteiger partial charge is 0.294 e. The van der Waals surface area contributed by atoms with Crippen molar-refractivity contribution in [3.63, 3.8) is 0 Å². The Morgan fingerprint density at radius 3 is 2.80 bits per heavy atom. The van der Waals surface area contributed by atoms with E-state index in [1.165, 1.54) is 18.7 Å². The van der Waals surface area contributed by atoms with Gasteiger partial charge in [-0.05, 0) is 30.7 Å². The van der Waals surface area contributed by atoms with E-state index in [9.17, 15) is 9.18 Å². The fourth-order valence-electron chi connectivity index (χ4n) is 2.96. The van der Waals surface area contributed by atoms with Gasteiger partial charge in [0.05, 0.1) is 11.8 Å². The van der Waals surface area contributed by atoms with Crippen molar-refractivity contribution in [2.24, 2.45) is 17.8 Å². The first-order valence-corrected chi connectivity index (χ1v) is 5.43. The summed E-state index contributed by atoms with van der Waals surface area (Å²) in [6, 6.07) is 1.49. The predicted molar refractivity (Wildman–Crippen MR) is 52.8 cm³/mol. The molecular weight excluding hydrogens is 193 g/mol. The van der Waals surface area contributed by atoms with Crippen LogP contribution in [0, 0.1) is 23.6 Å². The molecule has 2 saturated carbocycles. The van der Waals surface area contributed by atoms with E-state index in [1.54, 1.807) is 0 Å². The van der Waals surface area contributed by atoms with E-state index in [4.69, 9.17) is 0 Å². The van der Waals surface area contributed by atoms with Crippen molar-refractivity contribution in [2.45, 2.75) is 19.3 Å². The summed E-state index contributed by atoms with van der Waals surface area (Å²) in [5.41, 5.74) is 0.226. The van der Waals surface area contributed by atoms with Gasteiger partial charge < -0.3 is 0 Å². The molecule has 2 aliphatic carbocycles. The number of pyridine rings is 1. The first kappa shape index (κ1) is 9.01. The highest BCUT2D eigenvalue weighted by atomic mass is 19.1. The Hall–Kier alpha value is -1.25. The zero-order chi connectivity index (χ0) is 10.4. The van der Waals surface area contributed by atoms with Gasteiger partial charge in [-0.3, -0.25) is 9.78 Å². The van der Waals surface area contributed by atoms with Gasteiger partial charge in [-0.25, -0.2) is 4.39 Å². The summed E-state index contributed by atoms with van der Waals surface area (Å²) < 4.78 is 13.3. The molecule has 0 N–H and O–H groups in total. The molecule has 0 radical (unpaired) electrons. The van der Waals surface area contributed by atoms with Gasteiger partial charge in [0.25, 0.3) is 0 Å². The van der Waals surface area contributed by atoms with Crippen molar-refractivity contribution in [3.05, 3.63) is 29.8 Å². The van der Waals surface area contributed by atoms with Crippen LogP contribution in [0.15, 0.2) is 18.5 Å². The quantitative estimate of drug-likeness (QED) is 0.694. The normalized spacial score (nSPS) is 32.5. The molecule has 0 amide bonds. The Morgan fingerprint density at radius 2 is 2.13 bits per heavy atom. The molecule has 0 saturated heterocycles. The number of hydrogen-bond acceptors (Lipinski definition) is 2. The van der Waals surface area contributed by atoms with Gasteiger partial charge in [0, 0.05) is 12.1 Å². The van der Waals surface area contributed by atoms with Crippen molar-refractivity contribution >= 4 is 5.78 Å². The van der Waals surface area contributed by atoms with E-state index in [1.807, 2.05) is 0 Å². The van der Waals surface area contributed by atoms with E-state index in [0.717, 1.165) is 19.0 Å². The molecule has 15 heavy (non-hydrogen) atoms. The highest BCUT2D eigenvalue weighted by Gasteiger charge is 2.56. The van der Waals surface area contributed by atoms with Crippen LogP contribution in [0.4, 0.5) is 4.39 Å². The number of carbonyl (C=O) groups excluding carboxylic acids is 1. The summed E-state index contributed by atoms with van der Waals surface area (Å²) in [6.07, 6.45) is 6.12. The number of nitrogens with zero attached hydrogens (tertiary/aromatic N) is 1. The third-order valence-corrected chi connectivity index (χ3v) is 3.75. The smallest absolute Gasteiger partial charge is 0.169 e. The van der Waals surface area contributed by atoms with Crippen LogP contribution in [-0.4, -0.2) is 10.8 Å². The lowest BCUT2D eigenvalue weighted by atomic mass is 10.0. The monoisotopic (exact) mass is 205 g/mol. The third kappa shape index (κ3) is 1.29. The maximum atomic E-state index is 13.3. The Kier molecular flexibility index (Phi) is 1.87. The third-order valence-electron chi connectivity index (χ3n) is 3.75. The minimum Gasteiger partial charge on any atom is -0.294 e. The number of ketones is 1. The molecule has 1 heterocycles. The maximum absolute atomic E-state index is 13.3. The topological polar surface area (TPSA) is 30.0 Å². The van der Waals surface area contributed by atoms with E-state index in [2.05, 4.69) is 4.98 Å². The van der Waals surface area contributed by atoms with Crippen LogP contribution >= 0.6 is 0 Å². The van der Waals surface area contributed by atoms with Crippen molar-refractivity contribution in [2.75, 3.05) is 0 Å². The van der Waals surface area contributed by atoms with E-state index < -0.39 is 5.82 Å². The van der Waals surface area contributed by atoms with Gasteiger partial charge in [0.15, 0.2) is 11.6 Å². The number of Topliss-reactive ketones (excluding diaryl/α,β-unsaturated/α-hetero) is 1. The van der Waals surface area contributed by atoms with Gasteiger partial charge in [-0.1, -0.05) is 6.42 Å². The summed E-state index contributed by atoms with van der Waals surface area (Å²) in [5, 5.41) is 0. The molecule has 1 aromatic heterocycles. The standard InChI is InChI=1S/C12H12FNO/c13-10-6-14-5-4-9(10)12(15)11-7-2-1-3-8(7)11/h4-8,11H,1-3H2. The number of rotatable bonds is 2. The Bertz CT molecular complexity index is 408. The van der Waals surface area contributed by atoms with Gasteiger partial charge in [-0.15, -0.1) is 0 Å². The van der Waals surface area contributed by atoms with E-state index in [-0.39, 0.29) is 17.3 Å². The zero-order valence-electron chi connectivity index (χ0n) is 8.32. The van der Waals surface area contributed by atoms with Crippen molar-refractivity contribution in [1.29, 1.82) is 0 Å². The van der Waals surface area contributed by atoms with Crippen molar-refractivity contribution in [3.8, 4) is 0 Å². The van der Waals surface area contributed by atoms with Crippen LogP contribution in [0.2, 0.25) is 0 Å². The average Bonchev–Trinajstić information content (AvgIpc) is 2.72. The maximum Gasteiger partial charge on any atom is 0.169 e. The van der Waals surface area contributed by atoms with Crippen LogP contribution in [0.3, 0.4) is 0 Å². The first-order valence-electron chi connectivity index (χ1n) is 5.43. The Labute approximate surface area is 87.5 Å². The number of hydrogen-bond donors (Lipinski definition) is 0. The fourth-order valence-corrected chi connectivity index (χ4v) is 2.96. The van der Waals surface area contributed by atoms with E-state index >= 15 is 0 Å². The molecule has 2 nitrogen and oxygen atoms in total. The second kappa shape index (κ2) is 3.12. The summed E-state index contributed by atoms with van der Waals surface area (Å²) in [5.74, 6) is 0.711. The van der Waals surface area contributed by atoms with Crippen LogP contribution < -0.4 is 0 Å². The van der Waals surface area contributed by atoms with Crippen LogP contribution in [0.1, 0.15) is 29.6 Å². The Morgan fingerprint density at radius 1 is 1.40 bits per heavy atom. The molecule has 3 rings (SSSR count). The van der Waals surface area contributed by atoms with Crippen LogP contribution in [0.25, 0.3) is 0 Å². The molecule has 0 aliphatic heterocycles. The van der Waals surface area contributed by atoms with Gasteiger partial charge in [-0.2, -0.15) is 0 Å². The summed E-state index contributed by atoms with van der Waals surface area (Å²) >= 11 is 0. The zero-order valence-corrected chi connectivity index (χ0v) is 8.32. The van der Waals surface area contributed by atoms with Crippen molar-refractivity contribution < 1.29 is 9.18 Å². The van der Waals surface area contributed by atoms with Crippen molar-refractivity contribution in [1.82, 2.24) is 4.98 Å². The predicted octanol–water partition coefficient (Wildman–Crippen LogP) is 2.45. The lowest BCUT2D eigenvalue weighted by Gasteiger charge is -2.03. The molecule has 2 fully saturated rings. The second-order valence-electron chi connectivity index (χ2n) is 4.50. The number of halogens is 1. The van der Waals surface area contributed by atoms with Gasteiger partial charge in [0.2, 0.25) is 0 Å². The highest BCUT2D eigenvalue weighted by molar-refractivity contribution is 6.00.